The van der Waals surface area contributed by atoms with Gasteiger partial charge in [0.2, 0.25) is 0 Å². The van der Waals surface area contributed by atoms with Gasteiger partial charge in [-0.3, -0.25) is 0 Å². The third kappa shape index (κ3) is 6.99. The van der Waals surface area contributed by atoms with Gasteiger partial charge >= 0.3 is 0 Å². The Bertz CT molecular complexity index is 100. The first-order chi connectivity index (χ1) is 6.24. The van der Waals surface area contributed by atoms with Crippen LogP contribution in [0.25, 0.3) is 0 Å². The second-order valence-corrected chi connectivity index (χ2v) is 2.89. The van der Waals surface area contributed by atoms with E-state index < -0.39 is 0 Å². The summed E-state index contributed by atoms with van der Waals surface area (Å²) in [4.78, 5) is 0. The average molecular weight is 190 g/mol. The quantitative estimate of drug-likeness (QED) is 0.549. The topological polar surface area (TPSA) is 27.7 Å². The molecule has 0 aromatic heterocycles. The minimum Gasteiger partial charge on any atom is -0.373 e. The van der Waals surface area contributed by atoms with Crippen LogP contribution in [0.1, 0.15) is 34.1 Å². The van der Waals surface area contributed by atoms with E-state index in [0.29, 0.717) is 19.8 Å². The molecule has 0 aliphatic rings. The summed E-state index contributed by atoms with van der Waals surface area (Å²) >= 11 is 0. The second kappa shape index (κ2) is 8.48. The smallest absolute Gasteiger partial charge is 0.180 e. The van der Waals surface area contributed by atoms with Crippen molar-refractivity contribution < 1.29 is 14.2 Å². The Balaban J connectivity index is 3.55. The number of ether oxygens (including phenoxy) is 3. The SMILES string of the molecule is CCOC(COC(C)CC)OCC. The standard InChI is InChI=1S/C10H22O3/c1-5-9(4)13-8-10(11-6-2)12-7-3/h9-10H,5-8H2,1-4H3. The monoisotopic (exact) mass is 190 g/mol. The molecule has 13 heavy (non-hydrogen) atoms. The van der Waals surface area contributed by atoms with Gasteiger partial charge in [-0.15, -0.1) is 0 Å². The zero-order valence-electron chi connectivity index (χ0n) is 9.21. The van der Waals surface area contributed by atoms with Crippen molar-refractivity contribution in [3.8, 4) is 0 Å². The van der Waals surface area contributed by atoms with Gasteiger partial charge in [0.1, 0.15) is 0 Å². The summed E-state index contributed by atoms with van der Waals surface area (Å²) in [5.74, 6) is 0. The van der Waals surface area contributed by atoms with Crippen molar-refractivity contribution in [3.05, 3.63) is 0 Å². The van der Waals surface area contributed by atoms with Crippen LogP contribution in [0.5, 0.6) is 0 Å². The molecule has 80 valence electrons. The fraction of sp³-hybridized carbons (Fsp3) is 1.00. The summed E-state index contributed by atoms with van der Waals surface area (Å²) in [7, 11) is 0. The van der Waals surface area contributed by atoms with Crippen LogP contribution >= 0.6 is 0 Å². The van der Waals surface area contributed by atoms with Crippen LogP contribution in [0.4, 0.5) is 0 Å². The highest BCUT2D eigenvalue weighted by Crippen LogP contribution is 2.01. The van der Waals surface area contributed by atoms with Gasteiger partial charge in [0.05, 0.1) is 12.7 Å². The van der Waals surface area contributed by atoms with Crippen molar-refractivity contribution in [2.75, 3.05) is 19.8 Å². The van der Waals surface area contributed by atoms with Crippen LogP contribution in [-0.4, -0.2) is 32.2 Å². The maximum Gasteiger partial charge on any atom is 0.180 e. The summed E-state index contributed by atoms with van der Waals surface area (Å²) in [5.41, 5.74) is 0. The lowest BCUT2D eigenvalue weighted by Crippen LogP contribution is -2.25. The lowest BCUT2D eigenvalue weighted by molar-refractivity contribution is -0.174. The Morgan fingerprint density at radius 1 is 0.923 bits per heavy atom. The number of hydrogen-bond donors (Lipinski definition) is 0. The van der Waals surface area contributed by atoms with Crippen molar-refractivity contribution in [2.45, 2.75) is 46.5 Å². The van der Waals surface area contributed by atoms with E-state index in [2.05, 4.69) is 13.8 Å². The molecule has 0 rings (SSSR count). The van der Waals surface area contributed by atoms with Crippen LogP contribution in [0.15, 0.2) is 0 Å². The lowest BCUT2D eigenvalue weighted by Gasteiger charge is -2.19. The molecular weight excluding hydrogens is 168 g/mol. The van der Waals surface area contributed by atoms with Gasteiger partial charge in [-0.2, -0.15) is 0 Å². The van der Waals surface area contributed by atoms with E-state index in [0.717, 1.165) is 6.42 Å². The first-order valence-corrected chi connectivity index (χ1v) is 5.09. The fourth-order valence-electron chi connectivity index (χ4n) is 0.877. The van der Waals surface area contributed by atoms with E-state index in [1.807, 2.05) is 13.8 Å². The summed E-state index contributed by atoms with van der Waals surface area (Å²) in [5, 5.41) is 0. The fourth-order valence-corrected chi connectivity index (χ4v) is 0.877. The molecule has 0 spiro atoms. The van der Waals surface area contributed by atoms with Crippen LogP contribution < -0.4 is 0 Å². The minimum atomic E-state index is -0.205. The molecule has 0 aliphatic carbocycles. The molecule has 0 aliphatic heterocycles. The Labute approximate surface area is 81.4 Å². The molecule has 3 heteroatoms. The zero-order valence-corrected chi connectivity index (χ0v) is 9.21. The highest BCUT2D eigenvalue weighted by molar-refractivity contribution is 4.47. The van der Waals surface area contributed by atoms with Gasteiger partial charge in [0, 0.05) is 13.2 Å². The molecule has 0 aromatic rings. The third-order valence-electron chi connectivity index (χ3n) is 1.80. The van der Waals surface area contributed by atoms with E-state index in [1.165, 1.54) is 0 Å². The van der Waals surface area contributed by atoms with Gasteiger partial charge in [-0.1, -0.05) is 6.92 Å². The highest BCUT2D eigenvalue weighted by atomic mass is 16.7. The molecule has 0 heterocycles. The van der Waals surface area contributed by atoms with E-state index in [1.54, 1.807) is 0 Å². The molecule has 1 unspecified atom stereocenters. The highest BCUT2D eigenvalue weighted by Gasteiger charge is 2.09. The summed E-state index contributed by atoms with van der Waals surface area (Å²) in [6.45, 7) is 9.90. The molecule has 0 N–H and O–H groups in total. The molecule has 0 radical (unpaired) electrons. The Hall–Kier alpha value is -0.120. The van der Waals surface area contributed by atoms with Gasteiger partial charge in [0.15, 0.2) is 6.29 Å². The van der Waals surface area contributed by atoms with Gasteiger partial charge < -0.3 is 14.2 Å². The summed E-state index contributed by atoms with van der Waals surface area (Å²) in [6, 6.07) is 0. The lowest BCUT2D eigenvalue weighted by atomic mass is 10.3. The molecular formula is C10H22O3. The normalized spacial score (nSPS) is 13.6. The largest absolute Gasteiger partial charge is 0.373 e. The molecule has 0 bridgehead atoms. The predicted molar refractivity (Wildman–Crippen MR) is 52.7 cm³/mol. The number of rotatable bonds is 8. The Kier molecular flexibility index (Phi) is 8.40. The van der Waals surface area contributed by atoms with Gasteiger partial charge in [-0.25, -0.2) is 0 Å². The van der Waals surface area contributed by atoms with Gasteiger partial charge in [0.25, 0.3) is 0 Å². The van der Waals surface area contributed by atoms with Gasteiger partial charge in [-0.05, 0) is 27.2 Å². The van der Waals surface area contributed by atoms with Crippen molar-refractivity contribution in [1.82, 2.24) is 0 Å². The van der Waals surface area contributed by atoms with Crippen LogP contribution in [0.3, 0.4) is 0 Å². The molecule has 0 fully saturated rings. The first kappa shape index (κ1) is 12.9. The Morgan fingerprint density at radius 2 is 1.46 bits per heavy atom. The molecule has 0 aromatic carbocycles. The van der Waals surface area contributed by atoms with E-state index in [9.17, 15) is 0 Å². The zero-order chi connectivity index (χ0) is 10.1. The van der Waals surface area contributed by atoms with Crippen molar-refractivity contribution in [1.29, 1.82) is 0 Å². The average Bonchev–Trinajstić information content (AvgIpc) is 2.14. The maximum atomic E-state index is 5.51. The second-order valence-electron chi connectivity index (χ2n) is 2.89. The van der Waals surface area contributed by atoms with E-state index >= 15 is 0 Å². The van der Waals surface area contributed by atoms with Crippen LogP contribution in [0, 0.1) is 0 Å². The first-order valence-electron chi connectivity index (χ1n) is 5.09. The minimum absolute atomic E-state index is 0.205. The molecule has 0 saturated carbocycles. The molecule has 0 saturated heterocycles. The predicted octanol–water partition coefficient (Wildman–Crippen LogP) is 2.20. The summed E-state index contributed by atoms with van der Waals surface area (Å²) in [6.07, 6.45) is 1.10. The summed E-state index contributed by atoms with van der Waals surface area (Å²) < 4.78 is 16.2. The number of hydrogen-bond acceptors (Lipinski definition) is 3. The Morgan fingerprint density at radius 3 is 1.85 bits per heavy atom. The van der Waals surface area contributed by atoms with Crippen molar-refractivity contribution >= 4 is 0 Å². The van der Waals surface area contributed by atoms with E-state index in [4.69, 9.17) is 14.2 Å². The molecule has 3 nitrogen and oxygen atoms in total. The van der Waals surface area contributed by atoms with E-state index in [-0.39, 0.29) is 12.4 Å². The molecule has 0 amide bonds. The third-order valence-corrected chi connectivity index (χ3v) is 1.80. The van der Waals surface area contributed by atoms with Crippen molar-refractivity contribution in [3.63, 3.8) is 0 Å². The van der Waals surface area contributed by atoms with Crippen molar-refractivity contribution in [2.24, 2.45) is 0 Å². The van der Waals surface area contributed by atoms with Crippen LogP contribution in [-0.2, 0) is 14.2 Å². The molecule has 1 atom stereocenters. The van der Waals surface area contributed by atoms with Crippen LogP contribution in [0.2, 0.25) is 0 Å². The maximum absolute atomic E-state index is 5.51.